The van der Waals surface area contributed by atoms with E-state index in [0.717, 1.165) is 23.1 Å². The first kappa shape index (κ1) is 29.7. The van der Waals surface area contributed by atoms with Crippen LogP contribution in [0.3, 0.4) is 0 Å². The van der Waals surface area contributed by atoms with Crippen LogP contribution in [0.4, 0.5) is 35.3 Å². The predicted molar refractivity (Wildman–Crippen MR) is 148 cm³/mol. The van der Waals surface area contributed by atoms with E-state index in [1.54, 1.807) is 0 Å². The van der Waals surface area contributed by atoms with E-state index in [1.165, 1.54) is 0 Å². The summed E-state index contributed by atoms with van der Waals surface area (Å²) >= 11 is -3.20. The Morgan fingerprint density at radius 2 is 1.79 bits per heavy atom. The molecular formula is C27H38F3N5O3Sn. The number of carbonyl (C=O) groups is 1. The Bertz CT molecular complexity index is 1200. The minimum atomic E-state index is -4.48. The molecule has 4 rings (SSSR count). The second kappa shape index (κ2) is 10.9. The van der Waals surface area contributed by atoms with Gasteiger partial charge in [-0.1, -0.05) is 0 Å². The Balaban J connectivity index is 1.55. The molecule has 1 N–H and O–H groups in total. The molecule has 214 valence electrons. The molecule has 3 heterocycles. The van der Waals surface area contributed by atoms with Crippen LogP contribution in [0.25, 0.3) is 0 Å². The number of ether oxygens (including phenoxy) is 2. The molecule has 39 heavy (non-hydrogen) atoms. The molecule has 0 aliphatic carbocycles. The zero-order valence-corrected chi connectivity index (χ0v) is 26.5. The summed E-state index contributed by atoms with van der Waals surface area (Å²) < 4.78 is 52.3. The molecule has 1 aromatic carbocycles. The van der Waals surface area contributed by atoms with E-state index in [-0.39, 0.29) is 27.8 Å². The summed E-state index contributed by atoms with van der Waals surface area (Å²) in [4.78, 5) is 31.1. The normalized spacial score (nSPS) is 20.2. The molecule has 1 aromatic heterocycles. The fraction of sp³-hybridized carbons (Fsp3) is 0.593. The van der Waals surface area contributed by atoms with Gasteiger partial charge < -0.3 is 9.47 Å². The summed E-state index contributed by atoms with van der Waals surface area (Å²) in [5, 5.41) is 3.16. The van der Waals surface area contributed by atoms with Crippen LogP contribution in [-0.2, 0) is 22.1 Å². The van der Waals surface area contributed by atoms with Gasteiger partial charge in [-0.3, -0.25) is 0 Å². The first-order valence-corrected chi connectivity index (χ1v) is 23.2. The molecule has 0 spiro atoms. The van der Waals surface area contributed by atoms with E-state index in [0.29, 0.717) is 32.7 Å². The number of fused-ring (bicyclic) bond motifs is 2. The zero-order chi connectivity index (χ0) is 28.8. The van der Waals surface area contributed by atoms with Crippen molar-refractivity contribution < 1.29 is 27.4 Å². The standard InChI is InChI=1S/C24H29F3N5O3.3CH3.Sn/c1-5-15-8-17(6-7-20(15)30-21-28-9-16(10-29-21)24(25,26)27)31-11-18-13-34-14-19(12-31)32(18)22(33)35-23(2,3)4;;;;/h6-9,18-19H,5,11-14H2,1-4H3,(H,28,29,30);3*1H3;. The van der Waals surface area contributed by atoms with Crippen LogP contribution in [0.1, 0.15) is 38.8 Å². The van der Waals surface area contributed by atoms with Gasteiger partial charge in [0.15, 0.2) is 0 Å². The zero-order valence-electron chi connectivity index (χ0n) is 23.6. The third-order valence-electron chi connectivity index (χ3n) is 6.76. The van der Waals surface area contributed by atoms with Crippen LogP contribution in [0.5, 0.6) is 0 Å². The summed E-state index contributed by atoms with van der Waals surface area (Å²) in [6.07, 6.45) is -3.19. The van der Waals surface area contributed by atoms with Gasteiger partial charge in [-0.25, -0.2) is 4.79 Å². The molecule has 2 aliphatic rings. The van der Waals surface area contributed by atoms with Crippen molar-refractivity contribution >= 4 is 45.5 Å². The van der Waals surface area contributed by atoms with Crippen LogP contribution in [-0.4, -0.2) is 83.3 Å². The van der Waals surface area contributed by atoms with E-state index in [1.807, 2.05) is 59.5 Å². The average molecular weight is 656 g/mol. The molecule has 8 nitrogen and oxygen atoms in total. The van der Waals surface area contributed by atoms with Crippen LogP contribution >= 0.6 is 0 Å². The quantitative estimate of drug-likeness (QED) is 0.445. The van der Waals surface area contributed by atoms with Gasteiger partial charge in [0.25, 0.3) is 0 Å². The van der Waals surface area contributed by atoms with Crippen molar-refractivity contribution in [1.82, 2.24) is 14.9 Å². The number of anilines is 3. The van der Waals surface area contributed by atoms with Crippen LogP contribution in [0, 0.1) is 0 Å². The van der Waals surface area contributed by atoms with Gasteiger partial charge in [-0.15, -0.1) is 0 Å². The molecule has 1 amide bonds. The van der Waals surface area contributed by atoms with Gasteiger partial charge in [-0.05, 0) is 20.8 Å². The number of carbonyl (C=O) groups excluding carboxylic acids is 1. The molecule has 2 unspecified atom stereocenters. The Labute approximate surface area is 232 Å². The van der Waals surface area contributed by atoms with E-state index in [9.17, 15) is 18.0 Å². The number of aromatic nitrogens is 2. The molecule has 12 heteroatoms. The van der Waals surface area contributed by atoms with Crippen LogP contribution in [0.2, 0.25) is 14.8 Å². The fourth-order valence-electron chi connectivity index (χ4n) is 5.02. The summed E-state index contributed by atoms with van der Waals surface area (Å²) in [6, 6.07) is 5.73. The molecule has 0 saturated carbocycles. The van der Waals surface area contributed by atoms with Crippen molar-refractivity contribution in [3.05, 3.63) is 35.5 Å². The molecule has 2 bridgehead atoms. The van der Waals surface area contributed by atoms with Gasteiger partial charge >= 0.3 is 192 Å². The summed E-state index contributed by atoms with van der Waals surface area (Å²) in [5.41, 5.74) is 1.45. The summed E-state index contributed by atoms with van der Waals surface area (Å²) in [5.74, 6) is 0.171. The number of rotatable bonds is 5. The van der Waals surface area contributed by atoms with E-state index < -0.39 is 35.7 Å². The topological polar surface area (TPSA) is 79.8 Å². The fourth-order valence-corrected chi connectivity index (χ4v) is 9.17. The van der Waals surface area contributed by atoms with Crippen LogP contribution in [0.15, 0.2) is 24.4 Å². The molecule has 2 saturated heterocycles. The van der Waals surface area contributed by atoms with Crippen molar-refractivity contribution in [1.29, 1.82) is 0 Å². The third-order valence-corrected chi connectivity index (χ3v) is 11.9. The Hall–Kier alpha value is -2.28. The van der Waals surface area contributed by atoms with E-state index in [4.69, 9.17) is 9.47 Å². The monoisotopic (exact) mass is 657 g/mol. The second-order valence-electron chi connectivity index (χ2n) is 12.2. The van der Waals surface area contributed by atoms with Gasteiger partial charge in [0.1, 0.15) is 5.60 Å². The number of amides is 1. The Morgan fingerprint density at radius 1 is 1.15 bits per heavy atom. The number of nitrogens with zero attached hydrogens (tertiary/aromatic N) is 4. The number of hydrogen-bond donors (Lipinski definition) is 1. The van der Waals surface area contributed by atoms with Crippen molar-refractivity contribution in [3.8, 4) is 0 Å². The maximum atomic E-state index is 13.6. The van der Waals surface area contributed by atoms with E-state index >= 15 is 0 Å². The minimum absolute atomic E-state index is 0.127. The second-order valence-corrected chi connectivity index (χ2v) is 26.4. The molecule has 2 aliphatic heterocycles. The number of morpholine rings is 1. The van der Waals surface area contributed by atoms with Crippen LogP contribution < -0.4 is 13.9 Å². The number of benzene rings is 1. The molecule has 2 aromatic rings. The van der Waals surface area contributed by atoms with Crippen molar-refractivity contribution in [2.75, 3.05) is 36.5 Å². The van der Waals surface area contributed by atoms with Gasteiger partial charge in [0.05, 0.1) is 0 Å². The predicted octanol–water partition coefficient (Wildman–Crippen LogP) is 5.17. The van der Waals surface area contributed by atoms with Crippen molar-refractivity contribution in [2.45, 2.75) is 72.8 Å². The van der Waals surface area contributed by atoms with Crippen molar-refractivity contribution in [2.24, 2.45) is 0 Å². The maximum absolute atomic E-state index is 13.6. The van der Waals surface area contributed by atoms with Crippen molar-refractivity contribution in [3.63, 3.8) is 0 Å². The Kier molecular flexibility index (Phi) is 8.33. The summed E-state index contributed by atoms with van der Waals surface area (Å²) in [7, 11) is 0. The third kappa shape index (κ3) is 6.90. The molecule has 2 atom stereocenters. The van der Waals surface area contributed by atoms with Gasteiger partial charge in [0, 0.05) is 0 Å². The van der Waals surface area contributed by atoms with Gasteiger partial charge in [0.2, 0.25) is 0 Å². The summed E-state index contributed by atoms with van der Waals surface area (Å²) in [6.45, 7) is 9.70. The molecule has 0 radical (unpaired) electrons. The number of piperazine rings is 1. The number of halogens is 3. The first-order chi connectivity index (χ1) is 18.1. The SMILES string of the molecule is CCc1cc(N2CC3COCC(C2)N3C(=O)OC(C)(C)C)ccc1Nc1ncc(C(F)(F)F)[c]([Sn]([CH3])([CH3])[CH3])n1. The van der Waals surface area contributed by atoms with Gasteiger partial charge in [-0.2, -0.15) is 0 Å². The number of hydrogen-bond acceptors (Lipinski definition) is 7. The molecule has 2 fully saturated rings. The van der Waals surface area contributed by atoms with E-state index in [2.05, 4.69) is 26.3 Å². The average Bonchev–Trinajstić information content (AvgIpc) is 2.81. The number of aryl methyl sites for hydroxylation is 1. The number of nitrogens with one attached hydrogen (secondary N) is 1. The molecular weight excluding hydrogens is 618 g/mol. The number of alkyl halides is 3. The first-order valence-electron chi connectivity index (χ1n) is 13.3. The Morgan fingerprint density at radius 3 is 2.33 bits per heavy atom.